The number of ether oxygens (including phenoxy) is 1. The number of esters is 1. The second-order valence-corrected chi connectivity index (χ2v) is 3.53. The van der Waals surface area contributed by atoms with Crippen molar-refractivity contribution in [3.05, 3.63) is 17.0 Å². The van der Waals surface area contributed by atoms with Crippen LogP contribution in [0, 0.1) is 13.8 Å². The van der Waals surface area contributed by atoms with E-state index in [0.717, 1.165) is 5.69 Å². The summed E-state index contributed by atoms with van der Waals surface area (Å²) in [4.78, 5) is 25.4. The highest BCUT2D eigenvalue weighted by atomic mass is 16.5. The first-order valence-electron chi connectivity index (χ1n) is 5.11. The van der Waals surface area contributed by atoms with E-state index in [0.29, 0.717) is 23.6 Å². The number of carbonyl (C=O) groups is 2. The van der Waals surface area contributed by atoms with Gasteiger partial charge in [0.2, 0.25) is 5.91 Å². The van der Waals surface area contributed by atoms with Gasteiger partial charge in [-0.1, -0.05) is 0 Å². The van der Waals surface area contributed by atoms with Gasteiger partial charge in [-0.3, -0.25) is 4.79 Å². The van der Waals surface area contributed by atoms with E-state index >= 15 is 0 Å². The second-order valence-electron chi connectivity index (χ2n) is 3.53. The predicted molar refractivity (Wildman–Crippen MR) is 60.5 cm³/mol. The zero-order valence-electron chi connectivity index (χ0n) is 9.93. The number of aromatic amines is 1. The molecule has 1 aromatic rings. The standard InChI is InChI=1S/C11H16N2O3/c1-5-16-11(15)10-6(2)9(7(3)12-10)13-8(4)14/h12H,5H2,1-4H3,(H,13,14). The van der Waals surface area contributed by atoms with Crippen molar-refractivity contribution in [3.8, 4) is 0 Å². The summed E-state index contributed by atoms with van der Waals surface area (Å²) < 4.78 is 4.90. The van der Waals surface area contributed by atoms with Crippen molar-refractivity contribution in [2.75, 3.05) is 11.9 Å². The highest BCUT2D eigenvalue weighted by Gasteiger charge is 2.18. The van der Waals surface area contributed by atoms with Crippen LogP contribution in [0.25, 0.3) is 0 Å². The lowest BCUT2D eigenvalue weighted by molar-refractivity contribution is -0.114. The molecule has 0 fully saturated rings. The summed E-state index contributed by atoms with van der Waals surface area (Å²) >= 11 is 0. The second kappa shape index (κ2) is 4.83. The van der Waals surface area contributed by atoms with Gasteiger partial charge in [0.05, 0.1) is 12.3 Å². The molecule has 1 amide bonds. The minimum absolute atomic E-state index is 0.166. The molecule has 0 aliphatic rings. The maximum atomic E-state index is 11.6. The minimum atomic E-state index is -0.403. The quantitative estimate of drug-likeness (QED) is 0.768. The van der Waals surface area contributed by atoms with E-state index in [9.17, 15) is 9.59 Å². The van der Waals surface area contributed by atoms with E-state index in [2.05, 4.69) is 10.3 Å². The van der Waals surface area contributed by atoms with Crippen LogP contribution in [0.2, 0.25) is 0 Å². The Morgan fingerprint density at radius 3 is 2.50 bits per heavy atom. The van der Waals surface area contributed by atoms with Crippen LogP contribution in [0.3, 0.4) is 0 Å². The number of amides is 1. The summed E-state index contributed by atoms with van der Waals surface area (Å²) in [7, 11) is 0. The number of hydrogen-bond acceptors (Lipinski definition) is 3. The zero-order chi connectivity index (χ0) is 12.3. The van der Waals surface area contributed by atoms with E-state index in [1.165, 1.54) is 6.92 Å². The maximum absolute atomic E-state index is 11.6. The molecule has 1 aromatic heterocycles. The normalized spacial score (nSPS) is 10.0. The molecular formula is C11H16N2O3. The lowest BCUT2D eigenvalue weighted by atomic mass is 10.2. The number of nitrogens with one attached hydrogen (secondary N) is 2. The van der Waals surface area contributed by atoms with Crippen molar-refractivity contribution in [2.45, 2.75) is 27.7 Å². The molecule has 0 aliphatic heterocycles. The average molecular weight is 224 g/mol. The molecular weight excluding hydrogens is 208 g/mol. The molecule has 0 saturated carbocycles. The summed E-state index contributed by atoms with van der Waals surface area (Å²) in [5, 5.41) is 2.68. The first-order chi connectivity index (χ1) is 7.47. The molecule has 0 bridgehead atoms. The molecule has 1 rings (SSSR count). The third-order valence-electron chi connectivity index (χ3n) is 2.22. The van der Waals surface area contributed by atoms with Gasteiger partial charge in [0.1, 0.15) is 5.69 Å². The number of aryl methyl sites for hydroxylation is 1. The third kappa shape index (κ3) is 2.42. The van der Waals surface area contributed by atoms with Gasteiger partial charge in [-0.05, 0) is 20.8 Å². The van der Waals surface area contributed by atoms with Gasteiger partial charge in [0, 0.05) is 18.2 Å². The molecule has 88 valence electrons. The molecule has 5 nitrogen and oxygen atoms in total. The fraction of sp³-hybridized carbons (Fsp3) is 0.455. The summed E-state index contributed by atoms with van der Waals surface area (Å²) in [5.41, 5.74) is 2.49. The smallest absolute Gasteiger partial charge is 0.355 e. The van der Waals surface area contributed by atoms with Crippen LogP contribution in [0.5, 0.6) is 0 Å². The summed E-state index contributed by atoms with van der Waals surface area (Å²) in [6.07, 6.45) is 0. The zero-order valence-corrected chi connectivity index (χ0v) is 9.93. The van der Waals surface area contributed by atoms with E-state index in [1.807, 2.05) is 0 Å². The Labute approximate surface area is 94.2 Å². The Balaban J connectivity index is 3.06. The van der Waals surface area contributed by atoms with Crippen LogP contribution in [0.15, 0.2) is 0 Å². The molecule has 5 heteroatoms. The fourth-order valence-corrected chi connectivity index (χ4v) is 1.52. The van der Waals surface area contributed by atoms with Crippen LogP contribution < -0.4 is 5.32 Å². The molecule has 0 unspecified atom stereocenters. The average Bonchev–Trinajstić information content (AvgIpc) is 2.45. The molecule has 0 radical (unpaired) electrons. The number of rotatable bonds is 3. The van der Waals surface area contributed by atoms with E-state index in [1.54, 1.807) is 20.8 Å². The van der Waals surface area contributed by atoms with Crippen molar-refractivity contribution in [1.29, 1.82) is 0 Å². The predicted octanol–water partition coefficient (Wildman–Crippen LogP) is 1.77. The molecule has 1 heterocycles. The van der Waals surface area contributed by atoms with Gasteiger partial charge in [-0.2, -0.15) is 0 Å². The lowest BCUT2D eigenvalue weighted by Crippen LogP contribution is -2.08. The first-order valence-corrected chi connectivity index (χ1v) is 5.11. The van der Waals surface area contributed by atoms with Gasteiger partial charge >= 0.3 is 5.97 Å². The summed E-state index contributed by atoms with van der Waals surface area (Å²) in [6, 6.07) is 0. The maximum Gasteiger partial charge on any atom is 0.355 e. The Hall–Kier alpha value is -1.78. The molecule has 16 heavy (non-hydrogen) atoms. The highest BCUT2D eigenvalue weighted by Crippen LogP contribution is 2.23. The largest absolute Gasteiger partial charge is 0.461 e. The van der Waals surface area contributed by atoms with Crippen LogP contribution in [0.1, 0.15) is 35.6 Å². The molecule has 0 spiro atoms. The topological polar surface area (TPSA) is 71.2 Å². The van der Waals surface area contributed by atoms with Crippen LogP contribution >= 0.6 is 0 Å². The van der Waals surface area contributed by atoms with E-state index < -0.39 is 5.97 Å². The molecule has 0 atom stereocenters. The van der Waals surface area contributed by atoms with Gasteiger partial charge in [0.15, 0.2) is 0 Å². The van der Waals surface area contributed by atoms with Crippen molar-refractivity contribution < 1.29 is 14.3 Å². The monoisotopic (exact) mass is 224 g/mol. The number of H-pyrrole nitrogens is 1. The number of hydrogen-bond donors (Lipinski definition) is 2. The van der Waals surface area contributed by atoms with Crippen molar-refractivity contribution in [2.24, 2.45) is 0 Å². The molecule has 0 aliphatic carbocycles. The van der Waals surface area contributed by atoms with Crippen LogP contribution in [0.4, 0.5) is 5.69 Å². The van der Waals surface area contributed by atoms with Crippen LogP contribution in [-0.2, 0) is 9.53 Å². The van der Waals surface area contributed by atoms with Crippen molar-refractivity contribution >= 4 is 17.6 Å². The Morgan fingerprint density at radius 2 is 2.00 bits per heavy atom. The third-order valence-corrected chi connectivity index (χ3v) is 2.22. The Morgan fingerprint density at radius 1 is 1.38 bits per heavy atom. The van der Waals surface area contributed by atoms with E-state index in [4.69, 9.17) is 4.74 Å². The van der Waals surface area contributed by atoms with Gasteiger partial charge in [-0.15, -0.1) is 0 Å². The number of carbonyl (C=O) groups excluding carboxylic acids is 2. The highest BCUT2D eigenvalue weighted by molar-refractivity contribution is 5.96. The Bertz CT molecular complexity index is 421. The van der Waals surface area contributed by atoms with Gasteiger partial charge < -0.3 is 15.0 Å². The molecule has 0 saturated heterocycles. The molecule has 2 N–H and O–H groups in total. The first kappa shape index (κ1) is 12.3. The van der Waals surface area contributed by atoms with Gasteiger partial charge in [0.25, 0.3) is 0 Å². The number of aromatic nitrogens is 1. The van der Waals surface area contributed by atoms with Crippen molar-refractivity contribution in [1.82, 2.24) is 4.98 Å². The summed E-state index contributed by atoms with van der Waals surface area (Å²) in [5.74, 6) is -0.569. The minimum Gasteiger partial charge on any atom is -0.461 e. The molecule has 0 aromatic carbocycles. The lowest BCUT2D eigenvalue weighted by Gasteiger charge is -2.03. The van der Waals surface area contributed by atoms with Gasteiger partial charge in [-0.25, -0.2) is 4.79 Å². The number of anilines is 1. The Kier molecular flexibility index (Phi) is 3.71. The summed E-state index contributed by atoms with van der Waals surface area (Å²) in [6.45, 7) is 7.06. The SMILES string of the molecule is CCOC(=O)c1[nH]c(C)c(NC(C)=O)c1C. The van der Waals surface area contributed by atoms with Crippen LogP contribution in [-0.4, -0.2) is 23.5 Å². The fourth-order valence-electron chi connectivity index (χ4n) is 1.52. The van der Waals surface area contributed by atoms with E-state index in [-0.39, 0.29) is 5.91 Å². The van der Waals surface area contributed by atoms with Crippen molar-refractivity contribution in [3.63, 3.8) is 0 Å².